The van der Waals surface area contributed by atoms with E-state index in [0.29, 0.717) is 42.9 Å². The van der Waals surface area contributed by atoms with Gasteiger partial charge in [0.15, 0.2) is 6.79 Å². The maximum Gasteiger partial charge on any atom is 0.188 e. The second-order valence-corrected chi connectivity index (χ2v) is 11.8. The van der Waals surface area contributed by atoms with Crippen molar-refractivity contribution in [3.05, 3.63) is 23.3 Å². The molecule has 3 atom stereocenters. The largest absolute Gasteiger partial charge is 0.487 e. The van der Waals surface area contributed by atoms with E-state index in [0.717, 1.165) is 37.3 Å². The fraction of sp³-hybridized carbons (Fsp3) is 0.786. The fourth-order valence-electron chi connectivity index (χ4n) is 7.80. The predicted octanol–water partition coefficient (Wildman–Crippen LogP) is 4.61. The maximum atomic E-state index is 6.75. The summed E-state index contributed by atoms with van der Waals surface area (Å²) in [6.07, 6.45) is 8.85. The summed E-state index contributed by atoms with van der Waals surface area (Å²) in [5.41, 5.74) is 2.22. The average molecular weight is 488 g/mol. The molecule has 0 unspecified atom stereocenters. The van der Waals surface area contributed by atoms with Crippen LogP contribution in [-0.4, -0.2) is 68.7 Å². The Morgan fingerprint density at radius 3 is 2.34 bits per heavy atom. The first-order valence-corrected chi connectivity index (χ1v) is 13.4. The first-order chi connectivity index (χ1) is 16.9. The summed E-state index contributed by atoms with van der Waals surface area (Å²) < 4.78 is 35.7. The minimum Gasteiger partial charge on any atom is -0.487 e. The minimum absolute atomic E-state index is 0.189. The van der Waals surface area contributed by atoms with Gasteiger partial charge in [-0.15, -0.1) is 0 Å². The quantitative estimate of drug-likeness (QED) is 0.497. The number of nitrogens with zero attached hydrogens (tertiary/aromatic N) is 1. The van der Waals surface area contributed by atoms with Crippen LogP contribution in [0, 0.1) is 5.92 Å². The molecule has 35 heavy (non-hydrogen) atoms. The highest BCUT2D eigenvalue weighted by Crippen LogP contribution is 2.55. The Kier molecular flexibility index (Phi) is 6.50. The van der Waals surface area contributed by atoms with Gasteiger partial charge >= 0.3 is 0 Å². The van der Waals surface area contributed by atoms with Crippen molar-refractivity contribution in [2.45, 2.75) is 107 Å². The molecule has 1 aromatic carbocycles. The lowest BCUT2D eigenvalue weighted by Gasteiger charge is -2.56. The van der Waals surface area contributed by atoms with Crippen LogP contribution in [-0.2, 0) is 25.5 Å². The molecular formula is C28H41NO6. The number of rotatable bonds is 8. The normalized spacial score (nSPS) is 37.0. The van der Waals surface area contributed by atoms with Crippen LogP contribution in [0.15, 0.2) is 12.1 Å². The molecule has 7 heteroatoms. The molecule has 0 spiro atoms. The van der Waals surface area contributed by atoms with Crippen LogP contribution in [0.5, 0.6) is 11.5 Å². The summed E-state index contributed by atoms with van der Waals surface area (Å²) in [6, 6.07) is 5.79. The Hall–Kier alpha value is -1.38. The van der Waals surface area contributed by atoms with Gasteiger partial charge in [-0.05, 0) is 76.5 Å². The topological polar surface area (TPSA) is 58.6 Å². The predicted molar refractivity (Wildman–Crippen MR) is 131 cm³/mol. The third-order valence-corrected chi connectivity index (χ3v) is 9.18. The highest BCUT2D eigenvalue weighted by atomic mass is 16.7. The Labute approximate surface area is 209 Å². The number of hydrogen-bond acceptors (Lipinski definition) is 7. The van der Waals surface area contributed by atoms with E-state index < -0.39 is 0 Å². The first kappa shape index (κ1) is 24.0. The third kappa shape index (κ3) is 4.48. The molecular weight excluding hydrogens is 446 g/mol. The fourth-order valence-corrected chi connectivity index (χ4v) is 7.80. The van der Waals surface area contributed by atoms with E-state index in [1.807, 2.05) is 0 Å². The van der Waals surface area contributed by atoms with Crippen molar-refractivity contribution in [3.8, 4) is 11.5 Å². The molecule has 7 rings (SSSR count). The van der Waals surface area contributed by atoms with Crippen molar-refractivity contribution in [2.75, 3.05) is 27.8 Å². The number of hydrogen-bond donors (Lipinski definition) is 0. The van der Waals surface area contributed by atoms with E-state index in [1.165, 1.54) is 36.8 Å². The highest BCUT2D eigenvalue weighted by molar-refractivity contribution is 5.53. The van der Waals surface area contributed by atoms with E-state index in [1.54, 1.807) is 14.2 Å². The standard InChI is InChI=1S/C28H41NO6/c1-28(2)24-6-5-20(32-15-30-3)13-23(24)27-25(33-16-31-4)7-17(8-26(27)35-28)14-29-18-9-21-11-19(29)12-22(10-18)34-21/h7-8,18-24H,5-6,9-16H2,1-4H3/t18?,19?,20-,21?,22?,23+,24+/m0/s1. The van der Waals surface area contributed by atoms with Crippen molar-refractivity contribution in [3.63, 3.8) is 0 Å². The van der Waals surface area contributed by atoms with Crippen LogP contribution >= 0.6 is 0 Å². The van der Waals surface area contributed by atoms with E-state index in [4.69, 9.17) is 28.4 Å². The lowest BCUT2D eigenvalue weighted by atomic mass is 9.65. The summed E-state index contributed by atoms with van der Waals surface area (Å²) in [5.74, 6) is 2.62. The molecule has 6 aliphatic rings. The lowest BCUT2D eigenvalue weighted by molar-refractivity contribution is -0.184. The summed E-state index contributed by atoms with van der Waals surface area (Å²) in [5, 5.41) is 0. The van der Waals surface area contributed by atoms with Crippen molar-refractivity contribution < 1.29 is 28.4 Å². The average Bonchev–Trinajstić information content (AvgIpc) is 2.82. The van der Waals surface area contributed by atoms with Crippen molar-refractivity contribution >= 4 is 0 Å². The molecule has 0 amide bonds. The van der Waals surface area contributed by atoms with E-state index in [9.17, 15) is 0 Å². The Morgan fingerprint density at radius 1 is 0.943 bits per heavy atom. The smallest absolute Gasteiger partial charge is 0.188 e. The van der Waals surface area contributed by atoms with Crippen LogP contribution in [0.25, 0.3) is 0 Å². The van der Waals surface area contributed by atoms with Crippen molar-refractivity contribution in [1.82, 2.24) is 4.90 Å². The van der Waals surface area contributed by atoms with Gasteiger partial charge in [0.25, 0.3) is 0 Å². The molecule has 5 fully saturated rings. The van der Waals surface area contributed by atoms with Gasteiger partial charge in [0.2, 0.25) is 0 Å². The number of ether oxygens (including phenoxy) is 6. The van der Waals surface area contributed by atoms with Gasteiger partial charge in [-0.1, -0.05) is 0 Å². The van der Waals surface area contributed by atoms with Crippen LogP contribution in [0.4, 0.5) is 0 Å². The van der Waals surface area contributed by atoms with Crippen LogP contribution in [0.3, 0.4) is 0 Å². The SMILES string of the molecule is COCOc1cc(CN2C3CC4CC2CC(C3)O4)cc2c1[C@@H]1C[C@@H](OCOC)CC[C@H]1C(C)(C)O2. The van der Waals surface area contributed by atoms with Crippen LogP contribution in [0.2, 0.25) is 0 Å². The number of piperidine rings is 2. The second-order valence-electron chi connectivity index (χ2n) is 11.8. The minimum atomic E-state index is -0.235. The Balaban J connectivity index is 1.31. The first-order valence-electron chi connectivity index (χ1n) is 13.4. The molecule has 194 valence electrons. The molecule has 0 N–H and O–H groups in total. The molecule has 1 aromatic rings. The zero-order valence-corrected chi connectivity index (χ0v) is 21.7. The summed E-state index contributed by atoms with van der Waals surface area (Å²) in [7, 11) is 3.36. The molecule has 4 saturated heterocycles. The van der Waals surface area contributed by atoms with Gasteiger partial charge in [0, 0.05) is 50.2 Å². The van der Waals surface area contributed by atoms with Crippen molar-refractivity contribution in [2.24, 2.45) is 5.92 Å². The summed E-state index contributed by atoms with van der Waals surface area (Å²) in [6.45, 7) is 5.99. The van der Waals surface area contributed by atoms with Gasteiger partial charge in [0.1, 0.15) is 23.9 Å². The molecule has 4 bridgehead atoms. The molecule has 0 radical (unpaired) electrons. The van der Waals surface area contributed by atoms with Gasteiger partial charge in [-0.25, -0.2) is 0 Å². The van der Waals surface area contributed by atoms with E-state index in [2.05, 4.69) is 30.9 Å². The van der Waals surface area contributed by atoms with Crippen molar-refractivity contribution in [1.29, 1.82) is 0 Å². The molecule has 5 heterocycles. The van der Waals surface area contributed by atoms with Gasteiger partial charge in [0.05, 0.1) is 18.3 Å². The Morgan fingerprint density at radius 2 is 1.66 bits per heavy atom. The molecule has 5 aliphatic heterocycles. The second kappa shape index (κ2) is 9.49. The molecule has 1 saturated carbocycles. The number of benzene rings is 1. The summed E-state index contributed by atoms with van der Waals surface area (Å²) >= 11 is 0. The summed E-state index contributed by atoms with van der Waals surface area (Å²) in [4.78, 5) is 2.73. The highest BCUT2D eigenvalue weighted by Gasteiger charge is 2.50. The zero-order chi connectivity index (χ0) is 24.2. The monoisotopic (exact) mass is 487 g/mol. The zero-order valence-electron chi connectivity index (χ0n) is 21.7. The van der Waals surface area contributed by atoms with E-state index in [-0.39, 0.29) is 18.5 Å². The maximum absolute atomic E-state index is 6.75. The van der Waals surface area contributed by atoms with Gasteiger partial charge in [-0.2, -0.15) is 0 Å². The molecule has 0 aromatic heterocycles. The third-order valence-electron chi connectivity index (χ3n) is 9.18. The Bertz CT molecular complexity index is 891. The number of methoxy groups -OCH3 is 2. The van der Waals surface area contributed by atoms with E-state index >= 15 is 0 Å². The molecule has 1 aliphatic carbocycles. The van der Waals surface area contributed by atoms with Gasteiger partial charge in [-0.3, -0.25) is 4.90 Å². The molecule has 7 nitrogen and oxygen atoms in total. The van der Waals surface area contributed by atoms with Crippen LogP contribution < -0.4 is 9.47 Å². The lowest BCUT2D eigenvalue weighted by Crippen LogP contribution is -2.61. The number of fused-ring (bicyclic) bond motifs is 3. The van der Waals surface area contributed by atoms with Gasteiger partial charge < -0.3 is 28.4 Å². The van der Waals surface area contributed by atoms with Crippen LogP contribution in [0.1, 0.15) is 75.8 Å².